The number of anilines is 2. The Morgan fingerprint density at radius 3 is 2.07 bits per heavy atom. The number of ether oxygens (including phenoxy) is 2. The zero-order valence-corrected chi connectivity index (χ0v) is 26.5. The van der Waals surface area contributed by atoms with Gasteiger partial charge >= 0.3 is 5.63 Å². The van der Waals surface area contributed by atoms with E-state index in [1.807, 2.05) is 50.5 Å². The van der Waals surface area contributed by atoms with Crippen molar-refractivity contribution in [3.63, 3.8) is 0 Å². The lowest BCUT2D eigenvalue weighted by Gasteiger charge is -2.36. The number of nitrogens with zero attached hydrogens (tertiary/aromatic N) is 3. The molecule has 1 aliphatic rings. The maximum Gasteiger partial charge on any atom is 0.336 e. The minimum atomic E-state index is -0.406. The SMILES string of the molecule is COc1cc(OC)c2c(-c3ccccc3)cc(=O)oc2c1[C@H](CCN1CCN(c2ccccc2)CC1)c1ccc(N(C)C)cc1. The van der Waals surface area contributed by atoms with Gasteiger partial charge < -0.3 is 23.7 Å². The topological polar surface area (TPSA) is 58.4 Å². The number of para-hydroxylation sites is 1. The molecule has 0 bridgehead atoms. The number of hydrogen-bond donors (Lipinski definition) is 0. The third kappa shape index (κ3) is 6.40. The molecule has 1 aromatic heterocycles. The van der Waals surface area contributed by atoms with Crippen molar-refractivity contribution in [2.24, 2.45) is 0 Å². The van der Waals surface area contributed by atoms with Crippen LogP contribution in [0.3, 0.4) is 0 Å². The fraction of sp³-hybridized carbons (Fsp3) is 0.289. The molecule has 1 atom stereocenters. The lowest BCUT2D eigenvalue weighted by atomic mass is 9.85. The number of hydrogen-bond acceptors (Lipinski definition) is 7. The molecular weight excluding hydrogens is 562 g/mol. The maximum atomic E-state index is 13.2. The van der Waals surface area contributed by atoms with Crippen molar-refractivity contribution in [2.45, 2.75) is 12.3 Å². The van der Waals surface area contributed by atoms with Crippen molar-refractivity contribution >= 4 is 22.3 Å². The van der Waals surface area contributed by atoms with Crippen molar-refractivity contribution in [2.75, 3.05) is 70.8 Å². The number of piperazine rings is 1. The third-order valence-corrected chi connectivity index (χ3v) is 8.89. The van der Waals surface area contributed by atoms with Gasteiger partial charge in [0.2, 0.25) is 0 Å². The van der Waals surface area contributed by atoms with Gasteiger partial charge in [-0.1, -0.05) is 60.7 Å². The van der Waals surface area contributed by atoms with Crippen LogP contribution >= 0.6 is 0 Å². The Kier molecular flexibility index (Phi) is 9.08. The molecule has 232 valence electrons. The van der Waals surface area contributed by atoms with Crippen molar-refractivity contribution in [3.05, 3.63) is 119 Å². The van der Waals surface area contributed by atoms with E-state index in [0.717, 1.165) is 72.5 Å². The van der Waals surface area contributed by atoms with Gasteiger partial charge in [0, 0.05) is 80.8 Å². The highest BCUT2D eigenvalue weighted by molar-refractivity contribution is 6.00. The molecule has 1 fully saturated rings. The molecule has 0 aliphatic carbocycles. The zero-order valence-electron chi connectivity index (χ0n) is 26.5. The monoisotopic (exact) mass is 603 g/mol. The van der Waals surface area contributed by atoms with Gasteiger partial charge in [0.25, 0.3) is 0 Å². The highest BCUT2D eigenvalue weighted by atomic mass is 16.5. The Hall–Kier alpha value is -4.75. The Bertz CT molecular complexity index is 1780. The van der Waals surface area contributed by atoms with Crippen LogP contribution < -0.4 is 24.9 Å². The van der Waals surface area contributed by atoms with Crippen LogP contribution in [0.2, 0.25) is 0 Å². The standard InChI is InChI=1S/C38H41N3O4/c1-39(2)29-17-15-28(16-18-29)31(19-20-40-21-23-41(24-22-40)30-13-9-6-10-14-30)36-33(43-3)26-34(44-4)37-32(25-35(42)45-38(36)37)27-11-7-5-8-12-27/h5-18,25-26,31H,19-24H2,1-4H3/t31-/m1/s1. The van der Waals surface area contributed by atoms with Gasteiger partial charge in [0.15, 0.2) is 0 Å². The average Bonchev–Trinajstić information content (AvgIpc) is 3.09. The molecule has 7 heteroatoms. The van der Waals surface area contributed by atoms with Crippen LogP contribution in [0.25, 0.3) is 22.1 Å². The van der Waals surface area contributed by atoms with Gasteiger partial charge in [0.1, 0.15) is 17.1 Å². The van der Waals surface area contributed by atoms with Gasteiger partial charge in [-0.15, -0.1) is 0 Å². The maximum absolute atomic E-state index is 13.2. The second-order valence-electron chi connectivity index (χ2n) is 11.7. The molecule has 1 aliphatic heterocycles. The van der Waals surface area contributed by atoms with E-state index in [1.165, 1.54) is 5.69 Å². The van der Waals surface area contributed by atoms with Crippen LogP contribution in [0.15, 0.2) is 106 Å². The van der Waals surface area contributed by atoms with E-state index >= 15 is 0 Å². The van der Waals surface area contributed by atoms with Crippen LogP contribution in [-0.4, -0.2) is 65.9 Å². The quantitative estimate of drug-likeness (QED) is 0.161. The van der Waals surface area contributed by atoms with Crippen molar-refractivity contribution < 1.29 is 13.9 Å². The molecule has 0 amide bonds. The average molecular weight is 604 g/mol. The molecule has 2 heterocycles. The van der Waals surface area contributed by atoms with E-state index in [-0.39, 0.29) is 5.92 Å². The smallest absolute Gasteiger partial charge is 0.336 e. The van der Waals surface area contributed by atoms with Crippen molar-refractivity contribution in [1.82, 2.24) is 4.90 Å². The summed E-state index contributed by atoms with van der Waals surface area (Å²) in [7, 11) is 7.39. The highest BCUT2D eigenvalue weighted by Gasteiger charge is 2.28. The Balaban J connectivity index is 1.43. The fourth-order valence-corrected chi connectivity index (χ4v) is 6.48. The fourth-order valence-electron chi connectivity index (χ4n) is 6.48. The van der Waals surface area contributed by atoms with E-state index in [1.54, 1.807) is 20.3 Å². The largest absolute Gasteiger partial charge is 0.496 e. The van der Waals surface area contributed by atoms with Gasteiger partial charge in [-0.25, -0.2) is 4.79 Å². The minimum absolute atomic E-state index is 0.0918. The van der Waals surface area contributed by atoms with Crippen LogP contribution in [0.5, 0.6) is 11.5 Å². The normalized spacial score (nSPS) is 14.4. The second kappa shape index (κ2) is 13.5. The Morgan fingerprint density at radius 2 is 1.44 bits per heavy atom. The van der Waals surface area contributed by atoms with E-state index < -0.39 is 5.63 Å². The van der Waals surface area contributed by atoms with Crippen molar-refractivity contribution in [1.29, 1.82) is 0 Å². The van der Waals surface area contributed by atoms with Crippen LogP contribution in [0, 0.1) is 0 Å². The summed E-state index contributed by atoms with van der Waals surface area (Å²) < 4.78 is 18.0. The number of fused-ring (bicyclic) bond motifs is 1. The molecule has 0 N–H and O–H groups in total. The summed E-state index contributed by atoms with van der Waals surface area (Å²) in [5.74, 6) is 1.15. The highest BCUT2D eigenvalue weighted by Crippen LogP contribution is 2.46. The zero-order chi connectivity index (χ0) is 31.3. The lowest BCUT2D eigenvalue weighted by molar-refractivity contribution is 0.251. The molecule has 7 nitrogen and oxygen atoms in total. The predicted octanol–water partition coefficient (Wildman–Crippen LogP) is 6.89. The molecule has 4 aromatic carbocycles. The van der Waals surface area contributed by atoms with E-state index in [9.17, 15) is 4.79 Å². The molecule has 0 radical (unpaired) electrons. The molecule has 0 saturated carbocycles. The third-order valence-electron chi connectivity index (χ3n) is 8.89. The van der Waals surface area contributed by atoms with Gasteiger partial charge in [0.05, 0.1) is 19.6 Å². The lowest BCUT2D eigenvalue weighted by Crippen LogP contribution is -2.46. The first kappa shape index (κ1) is 30.3. The molecule has 5 aromatic rings. The van der Waals surface area contributed by atoms with Crippen LogP contribution in [0.4, 0.5) is 11.4 Å². The molecule has 0 unspecified atom stereocenters. The number of benzene rings is 4. The van der Waals surface area contributed by atoms with Gasteiger partial charge in [-0.05, 0) is 48.4 Å². The minimum Gasteiger partial charge on any atom is -0.496 e. The first-order valence-corrected chi connectivity index (χ1v) is 15.5. The summed E-state index contributed by atoms with van der Waals surface area (Å²) in [4.78, 5) is 20.3. The van der Waals surface area contributed by atoms with Gasteiger partial charge in [-0.2, -0.15) is 0 Å². The van der Waals surface area contributed by atoms with Crippen molar-refractivity contribution in [3.8, 4) is 22.6 Å². The van der Waals surface area contributed by atoms with E-state index in [0.29, 0.717) is 17.1 Å². The summed E-state index contributed by atoms with van der Waals surface area (Å²) in [6.07, 6.45) is 0.823. The summed E-state index contributed by atoms with van der Waals surface area (Å²) in [6, 6.07) is 32.7. The number of methoxy groups -OCH3 is 2. The summed E-state index contributed by atoms with van der Waals surface area (Å²) in [5.41, 5.74) is 6.21. The van der Waals surface area contributed by atoms with E-state index in [2.05, 4.69) is 69.3 Å². The first-order chi connectivity index (χ1) is 22.0. The molecule has 0 spiro atoms. The second-order valence-corrected chi connectivity index (χ2v) is 11.7. The summed E-state index contributed by atoms with van der Waals surface area (Å²) in [5, 5.41) is 0.769. The summed E-state index contributed by atoms with van der Waals surface area (Å²) >= 11 is 0. The van der Waals surface area contributed by atoms with Gasteiger partial charge in [-0.3, -0.25) is 4.90 Å². The Morgan fingerprint density at radius 1 is 0.800 bits per heavy atom. The van der Waals surface area contributed by atoms with Crippen LogP contribution in [-0.2, 0) is 0 Å². The Labute approximate surface area is 265 Å². The first-order valence-electron chi connectivity index (χ1n) is 15.5. The van der Waals surface area contributed by atoms with E-state index in [4.69, 9.17) is 13.9 Å². The molecule has 1 saturated heterocycles. The molecule has 45 heavy (non-hydrogen) atoms. The molecule has 6 rings (SSSR count). The molecular formula is C38H41N3O4. The predicted molar refractivity (Wildman–Crippen MR) is 183 cm³/mol. The summed E-state index contributed by atoms with van der Waals surface area (Å²) in [6.45, 7) is 4.82. The number of rotatable bonds is 10. The van der Waals surface area contributed by atoms with Crippen LogP contribution in [0.1, 0.15) is 23.5 Å².